The van der Waals surface area contributed by atoms with Crippen molar-refractivity contribution < 1.29 is 19.4 Å². The third kappa shape index (κ3) is 3.68. The van der Waals surface area contributed by atoms with Crippen LogP contribution in [0, 0.1) is 0 Å². The molecular weight excluding hydrogens is 458 g/mol. The van der Waals surface area contributed by atoms with Gasteiger partial charge in [-0.05, 0) is 48.1 Å². The molecule has 2 aromatic carbocycles. The maximum Gasteiger partial charge on any atom is 0.228 e. The molecule has 1 saturated heterocycles. The SMILES string of the molecule is COc1cc(-n2c3c(c4ncnc(N)c42)CCC3)ccc1NC(=O)Cc1ccc(C2(O)COC2)cc1. The Labute approximate surface area is 207 Å². The molecule has 0 spiro atoms. The van der Waals surface area contributed by atoms with Crippen LogP contribution in [0.3, 0.4) is 0 Å². The summed E-state index contributed by atoms with van der Waals surface area (Å²) in [7, 11) is 1.58. The summed E-state index contributed by atoms with van der Waals surface area (Å²) in [6.07, 6.45) is 4.69. The summed E-state index contributed by atoms with van der Waals surface area (Å²) in [5.41, 5.74) is 12.6. The second kappa shape index (κ2) is 8.61. The number of benzene rings is 2. The molecule has 2 aliphatic rings. The number of amides is 1. The van der Waals surface area contributed by atoms with Crippen molar-refractivity contribution in [1.29, 1.82) is 0 Å². The van der Waals surface area contributed by atoms with E-state index in [4.69, 9.17) is 15.2 Å². The van der Waals surface area contributed by atoms with E-state index in [1.54, 1.807) is 7.11 Å². The Bertz CT molecular complexity index is 1470. The molecule has 0 bridgehead atoms. The van der Waals surface area contributed by atoms with E-state index in [9.17, 15) is 9.90 Å². The van der Waals surface area contributed by atoms with E-state index in [2.05, 4.69) is 19.9 Å². The van der Waals surface area contributed by atoms with Gasteiger partial charge in [-0.15, -0.1) is 0 Å². The van der Waals surface area contributed by atoms with Crippen molar-refractivity contribution in [3.05, 3.63) is 71.2 Å². The summed E-state index contributed by atoms with van der Waals surface area (Å²) in [5.74, 6) is 0.825. The Balaban J connectivity index is 1.25. The standard InChI is InChI=1S/C27H27N5O4/c1-35-22-12-18(32-21-4-2-3-19(21)24-25(32)26(28)30-15-29-24)9-10-20(22)31-23(33)11-16-5-7-17(8-6-16)27(34)13-36-14-27/h5-10,12,15,34H,2-4,11,13-14H2,1H3,(H,31,33)(H2,28,29,30). The van der Waals surface area contributed by atoms with Crippen molar-refractivity contribution in [3.8, 4) is 11.4 Å². The van der Waals surface area contributed by atoms with Crippen LogP contribution in [0.15, 0.2) is 48.8 Å². The lowest BCUT2D eigenvalue weighted by Gasteiger charge is -2.36. The predicted octanol–water partition coefficient (Wildman–Crippen LogP) is 2.90. The Morgan fingerprint density at radius 3 is 2.72 bits per heavy atom. The lowest BCUT2D eigenvalue weighted by Crippen LogP contribution is -2.46. The molecule has 36 heavy (non-hydrogen) atoms. The fraction of sp³-hybridized carbons (Fsp3) is 0.296. The minimum Gasteiger partial charge on any atom is -0.494 e. The van der Waals surface area contributed by atoms with Gasteiger partial charge in [0.2, 0.25) is 5.91 Å². The number of nitrogens with two attached hydrogens (primary N) is 1. The van der Waals surface area contributed by atoms with Gasteiger partial charge in [0.1, 0.15) is 23.2 Å². The van der Waals surface area contributed by atoms with Crippen molar-refractivity contribution in [2.45, 2.75) is 31.3 Å². The highest BCUT2D eigenvalue weighted by molar-refractivity contribution is 5.94. The number of hydrogen-bond acceptors (Lipinski definition) is 7. The fourth-order valence-electron chi connectivity index (χ4n) is 5.18. The van der Waals surface area contributed by atoms with Gasteiger partial charge in [0.25, 0.3) is 0 Å². The second-order valence-electron chi connectivity index (χ2n) is 9.40. The zero-order chi connectivity index (χ0) is 24.9. The number of aryl methyl sites for hydroxylation is 1. The average Bonchev–Trinajstić information content (AvgIpc) is 3.45. The summed E-state index contributed by atoms with van der Waals surface area (Å²) in [5, 5.41) is 13.3. The molecule has 1 aliphatic carbocycles. The van der Waals surface area contributed by atoms with E-state index in [-0.39, 0.29) is 12.3 Å². The number of carbonyl (C=O) groups is 1. The molecule has 3 heterocycles. The Hall–Kier alpha value is -3.95. The minimum atomic E-state index is -0.919. The number of ether oxygens (including phenoxy) is 2. The van der Waals surface area contributed by atoms with E-state index in [0.717, 1.165) is 47.1 Å². The molecule has 6 rings (SSSR count). The number of nitrogen functional groups attached to an aromatic ring is 1. The van der Waals surface area contributed by atoms with Crippen LogP contribution in [0.4, 0.5) is 11.5 Å². The molecule has 4 aromatic rings. The molecule has 4 N–H and O–H groups in total. The van der Waals surface area contributed by atoms with E-state index < -0.39 is 5.60 Å². The van der Waals surface area contributed by atoms with Crippen LogP contribution in [-0.4, -0.2) is 45.9 Å². The smallest absolute Gasteiger partial charge is 0.228 e. The third-order valence-corrected chi connectivity index (χ3v) is 7.07. The highest BCUT2D eigenvalue weighted by atomic mass is 16.5. The van der Waals surface area contributed by atoms with Crippen molar-refractivity contribution in [3.63, 3.8) is 0 Å². The first-order valence-electron chi connectivity index (χ1n) is 12.0. The molecule has 2 aromatic heterocycles. The fourth-order valence-corrected chi connectivity index (χ4v) is 5.18. The second-order valence-corrected chi connectivity index (χ2v) is 9.40. The highest BCUT2D eigenvalue weighted by Gasteiger charge is 2.37. The van der Waals surface area contributed by atoms with Gasteiger partial charge in [-0.1, -0.05) is 24.3 Å². The van der Waals surface area contributed by atoms with E-state index in [1.165, 1.54) is 17.6 Å². The van der Waals surface area contributed by atoms with Crippen LogP contribution in [0.1, 0.15) is 28.8 Å². The first-order valence-corrected chi connectivity index (χ1v) is 12.0. The Morgan fingerprint density at radius 2 is 2.00 bits per heavy atom. The minimum absolute atomic E-state index is 0.163. The summed E-state index contributed by atoms with van der Waals surface area (Å²) in [6.45, 7) is 0.591. The number of nitrogens with one attached hydrogen (secondary N) is 1. The van der Waals surface area contributed by atoms with Crippen LogP contribution in [0.25, 0.3) is 16.7 Å². The number of aliphatic hydroxyl groups is 1. The van der Waals surface area contributed by atoms with Gasteiger partial charge in [-0.25, -0.2) is 9.97 Å². The molecule has 9 heteroatoms. The van der Waals surface area contributed by atoms with Crippen LogP contribution in [0.5, 0.6) is 5.75 Å². The number of aromatic nitrogens is 3. The van der Waals surface area contributed by atoms with Gasteiger partial charge in [0.05, 0.1) is 37.9 Å². The molecule has 184 valence electrons. The summed E-state index contributed by atoms with van der Waals surface area (Å²) < 4.78 is 12.9. The summed E-state index contributed by atoms with van der Waals surface area (Å²) >= 11 is 0. The topological polar surface area (TPSA) is 125 Å². The van der Waals surface area contributed by atoms with Gasteiger partial charge >= 0.3 is 0 Å². The first kappa shape index (κ1) is 22.5. The number of fused-ring (bicyclic) bond motifs is 3. The predicted molar refractivity (Wildman–Crippen MR) is 135 cm³/mol. The molecular formula is C27H27N5O4. The quantitative estimate of drug-likeness (QED) is 0.384. The molecule has 0 atom stereocenters. The Kier molecular flexibility index (Phi) is 5.39. The van der Waals surface area contributed by atoms with E-state index in [1.807, 2.05) is 42.5 Å². The highest BCUT2D eigenvalue weighted by Crippen LogP contribution is 2.38. The third-order valence-electron chi connectivity index (χ3n) is 7.07. The lowest BCUT2D eigenvalue weighted by molar-refractivity contribution is -0.184. The van der Waals surface area contributed by atoms with Gasteiger partial charge in [0.15, 0.2) is 5.82 Å². The van der Waals surface area contributed by atoms with Crippen LogP contribution >= 0.6 is 0 Å². The number of hydrogen-bond donors (Lipinski definition) is 3. The zero-order valence-electron chi connectivity index (χ0n) is 20.0. The molecule has 9 nitrogen and oxygen atoms in total. The van der Waals surface area contributed by atoms with Crippen molar-refractivity contribution in [1.82, 2.24) is 14.5 Å². The van der Waals surface area contributed by atoms with E-state index >= 15 is 0 Å². The number of anilines is 2. The molecule has 1 amide bonds. The number of nitrogens with zero attached hydrogens (tertiary/aromatic N) is 3. The first-order chi connectivity index (χ1) is 17.5. The van der Waals surface area contributed by atoms with Gasteiger partial charge in [-0.3, -0.25) is 4.79 Å². The summed E-state index contributed by atoms with van der Waals surface area (Å²) in [4.78, 5) is 21.5. The lowest BCUT2D eigenvalue weighted by atomic mass is 9.91. The van der Waals surface area contributed by atoms with Gasteiger partial charge < -0.3 is 30.2 Å². The van der Waals surface area contributed by atoms with Crippen LogP contribution in [-0.2, 0) is 34.4 Å². The van der Waals surface area contributed by atoms with Gasteiger partial charge in [0, 0.05) is 17.4 Å². The van der Waals surface area contributed by atoms with Crippen LogP contribution in [0.2, 0.25) is 0 Å². The van der Waals surface area contributed by atoms with E-state index in [0.29, 0.717) is 30.5 Å². The maximum absolute atomic E-state index is 12.8. The molecule has 0 unspecified atom stereocenters. The molecule has 1 aliphatic heterocycles. The normalized spacial score (nSPS) is 15.9. The number of methoxy groups -OCH3 is 1. The van der Waals surface area contributed by atoms with Crippen molar-refractivity contribution in [2.75, 3.05) is 31.4 Å². The maximum atomic E-state index is 12.8. The zero-order valence-corrected chi connectivity index (χ0v) is 20.0. The van der Waals surface area contributed by atoms with Gasteiger partial charge in [-0.2, -0.15) is 0 Å². The van der Waals surface area contributed by atoms with Crippen molar-refractivity contribution >= 4 is 28.4 Å². The summed E-state index contributed by atoms with van der Waals surface area (Å²) in [6, 6.07) is 13.1. The largest absolute Gasteiger partial charge is 0.494 e. The average molecular weight is 486 g/mol. The number of carbonyl (C=O) groups excluding carboxylic acids is 1. The number of rotatable bonds is 6. The monoisotopic (exact) mass is 485 g/mol. The molecule has 0 saturated carbocycles. The van der Waals surface area contributed by atoms with Crippen molar-refractivity contribution in [2.24, 2.45) is 0 Å². The Morgan fingerprint density at radius 1 is 1.19 bits per heavy atom. The molecule has 1 fully saturated rings. The molecule has 0 radical (unpaired) electrons. The van der Waals surface area contributed by atoms with Crippen LogP contribution < -0.4 is 15.8 Å².